The van der Waals surface area contributed by atoms with E-state index in [2.05, 4.69) is 220 Å². The Morgan fingerprint density at radius 3 is 1.68 bits per heavy atom. The predicted molar refractivity (Wildman–Crippen MR) is 245 cm³/mol. The summed E-state index contributed by atoms with van der Waals surface area (Å²) in [6.45, 7) is 0. The lowest BCUT2D eigenvalue weighted by molar-refractivity contribution is 0.980. The van der Waals surface area contributed by atoms with Gasteiger partial charge in [0.25, 0.3) is 0 Å². The van der Waals surface area contributed by atoms with E-state index in [0.717, 1.165) is 72.8 Å². The van der Waals surface area contributed by atoms with Gasteiger partial charge in [0.05, 0.1) is 27.6 Å². The fourth-order valence-corrected chi connectivity index (χ4v) is 8.92. The Balaban J connectivity index is 1.03. The first-order chi connectivity index (χ1) is 29.3. The molecule has 0 radical (unpaired) electrons. The number of rotatable bonds is 6. The van der Waals surface area contributed by atoms with Crippen LogP contribution in [0.1, 0.15) is 0 Å². The predicted octanol–water partition coefficient (Wildman–Crippen LogP) is 14.1. The molecule has 59 heavy (non-hydrogen) atoms. The third kappa shape index (κ3) is 5.33. The SMILES string of the molecule is c1ccc(-c2ccc(N(c3ccccc3)c3ccc(-c4ccc5c(c4)c4c6ccccc6ccc4n5-c4nc5ccccc5c5nc6ccccc6n45)cc3)cc2)cc1. The number of nitrogens with zero attached hydrogens (tertiary/aromatic N) is 5. The number of benzene rings is 9. The molecule has 3 aromatic heterocycles. The molecule has 12 aromatic rings. The third-order valence-electron chi connectivity index (χ3n) is 11.7. The summed E-state index contributed by atoms with van der Waals surface area (Å²) in [6, 6.07) is 75.6. The van der Waals surface area contributed by atoms with Crippen molar-refractivity contribution in [1.82, 2.24) is 18.9 Å². The quantitative estimate of drug-likeness (QED) is 0.170. The largest absolute Gasteiger partial charge is 0.311 e. The van der Waals surface area contributed by atoms with E-state index in [1.165, 1.54) is 32.7 Å². The summed E-state index contributed by atoms with van der Waals surface area (Å²) in [5.41, 5.74) is 14.0. The molecule has 0 N–H and O–H groups in total. The van der Waals surface area contributed by atoms with Crippen LogP contribution in [0, 0.1) is 0 Å². The zero-order valence-electron chi connectivity index (χ0n) is 31.9. The molecule has 0 aliphatic carbocycles. The maximum Gasteiger partial charge on any atom is 0.221 e. The first-order valence-corrected chi connectivity index (χ1v) is 20.0. The molecule has 0 aliphatic heterocycles. The Morgan fingerprint density at radius 2 is 0.915 bits per heavy atom. The fourth-order valence-electron chi connectivity index (χ4n) is 8.92. The lowest BCUT2D eigenvalue weighted by atomic mass is 9.99. The molecule has 276 valence electrons. The molecule has 5 nitrogen and oxygen atoms in total. The third-order valence-corrected chi connectivity index (χ3v) is 11.7. The van der Waals surface area contributed by atoms with Gasteiger partial charge in [-0.05, 0) is 112 Å². The van der Waals surface area contributed by atoms with Gasteiger partial charge in [0.15, 0.2) is 0 Å². The molecule has 0 fully saturated rings. The highest BCUT2D eigenvalue weighted by molar-refractivity contribution is 6.22. The molecule has 5 heteroatoms. The Hall–Kier alpha value is -8.02. The molecule has 0 saturated carbocycles. The van der Waals surface area contributed by atoms with Crippen molar-refractivity contribution < 1.29 is 0 Å². The van der Waals surface area contributed by atoms with Gasteiger partial charge in [0.1, 0.15) is 5.65 Å². The van der Waals surface area contributed by atoms with E-state index in [1.807, 2.05) is 6.07 Å². The molecule has 0 atom stereocenters. The van der Waals surface area contributed by atoms with E-state index in [0.29, 0.717) is 0 Å². The summed E-state index contributed by atoms with van der Waals surface area (Å²) >= 11 is 0. The van der Waals surface area contributed by atoms with Gasteiger partial charge in [-0.2, -0.15) is 0 Å². The summed E-state index contributed by atoms with van der Waals surface area (Å²) < 4.78 is 4.56. The standard InChI is InChI=1S/C54H35N5/c1-3-13-36(14-4-1)37-23-29-42(30-24-37)57(41-16-5-2-6-17-41)43-31-25-38(26-32-43)40-28-33-49-46(35-40)52-44-18-8-7-15-39(44)27-34-51(52)58(49)54-56-47-20-10-9-19-45(47)53-55-48-21-11-12-22-50(48)59(53)54/h1-35H. The second-order valence-electron chi connectivity index (χ2n) is 15.1. The van der Waals surface area contributed by atoms with Crippen molar-refractivity contribution in [3.8, 4) is 28.2 Å². The van der Waals surface area contributed by atoms with E-state index >= 15 is 0 Å². The molecular formula is C54H35N5. The molecule has 0 bridgehead atoms. The summed E-state index contributed by atoms with van der Waals surface area (Å²) in [5, 5.41) is 5.83. The second-order valence-corrected chi connectivity index (χ2v) is 15.1. The van der Waals surface area contributed by atoms with Gasteiger partial charge in [-0.3, -0.25) is 8.97 Å². The van der Waals surface area contributed by atoms with E-state index < -0.39 is 0 Å². The minimum absolute atomic E-state index is 0.817. The average molecular weight is 754 g/mol. The van der Waals surface area contributed by atoms with E-state index in [1.54, 1.807) is 0 Å². The number of hydrogen-bond acceptors (Lipinski definition) is 3. The number of hydrogen-bond donors (Lipinski definition) is 0. The zero-order valence-corrected chi connectivity index (χ0v) is 31.9. The van der Waals surface area contributed by atoms with Crippen molar-refractivity contribution in [1.29, 1.82) is 0 Å². The van der Waals surface area contributed by atoms with Crippen LogP contribution in [0.25, 0.3) is 88.4 Å². The fraction of sp³-hybridized carbons (Fsp3) is 0. The normalized spacial score (nSPS) is 11.7. The van der Waals surface area contributed by atoms with Crippen molar-refractivity contribution in [2.24, 2.45) is 0 Å². The monoisotopic (exact) mass is 753 g/mol. The summed E-state index contributed by atoms with van der Waals surface area (Å²) in [4.78, 5) is 12.9. The summed E-state index contributed by atoms with van der Waals surface area (Å²) in [6.07, 6.45) is 0. The number of anilines is 3. The molecular weight excluding hydrogens is 719 g/mol. The molecule has 9 aromatic carbocycles. The Bertz CT molecular complexity index is 3530. The van der Waals surface area contributed by atoms with E-state index in [4.69, 9.17) is 9.97 Å². The molecule has 0 amide bonds. The van der Waals surface area contributed by atoms with Crippen LogP contribution < -0.4 is 4.90 Å². The van der Waals surface area contributed by atoms with Gasteiger partial charge in [-0.25, -0.2) is 9.97 Å². The van der Waals surface area contributed by atoms with Gasteiger partial charge < -0.3 is 4.90 Å². The number of imidazole rings is 1. The smallest absolute Gasteiger partial charge is 0.221 e. The van der Waals surface area contributed by atoms with Crippen LogP contribution in [0.15, 0.2) is 212 Å². The zero-order chi connectivity index (χ0) is 38.9. The topological polar surface area (TPSA) is 38.4 Å². The molecule has 0 spiro atoms. The van der Waals surface area contributed by atoms with Crippen molar-refractivity contribution in [2.45, 2.75) is 0 Å². The first kappa shape index (κ1) is 33.2. The molecule has 0 saturated heterocycles. The highest BCUT2D eigenvalue weighted by Crippen LogP contribution is 2.41. The van der Waals surface area contributed by atoms with Crippen molar-refractivity contribution in [2.75, 3.05) is 4.90 Å². The lowest BCUT2D eigenvalue weighted by Gasteiger charge is -2.26. The Kier molecular flexibility index (Phi) is 7.47. The molecule has 12 rings (SSSR count). The lowest BCUT2D eigenvalue weighted by Crippen LogP contribution is -2.09. The van der Waals surface area contributed by atoms with Crippen molar-refractivity contribution >= 4 is 77.2 Å². The van der Waals surface area contributed by atoms with Gasteiger partial charge >= 0.3 is 0 Å². The maximum atomic E-state index is 5.41. The number of aromatic nitrogens is 4. The minimum atomic E-state index is 0.817. The van der Waals surface area contributed by atoms with Crippen molar-refractivity contribution in [3.63, 3.8) is 0 Å². The van der Waals surface area contributed by atoms with Gasteiger partial charge in [-0.15, -0.1) is 0 Å². The summed E-state index contributed by atoms with van der Waals surface area (Å²) in [7, 11) is 0. The average Bonchev–Trinajstić information content (AvgIpc) is 3.87. The van der Waals surface area contributed by atoms with Crippen LogP contribution >= 0.6 is 0 Å². The molecule has 0 aliphatic rings. The first-order valence-electron chi connectivity index (χ1n) is 20.0. The highest BCUT2D eigenvalue weighted by Gasteiger charge is 2.22. The van der Waals surface area contributed by atoms with E-state index in [9.17, 15) is 0 Å². The van der Waals surface area contributed by atoms with E-state index in [-0.39, 0.29) is 0 Å². The summed E-state index contributed by atoms with van der Waals surface area (Å²) in [5.74, 6) is 0.817. The van der Waals surface area contributed by atoms with Crippen LogP contribution in [0.4, 0.5) is 17.1 Å². The van der Waals surface area contributed by atoms with Crippen LogP contribution in [0.3, 0.4) is 0 Å². The maximum absolute atomic E-state index is 5.41. The Morgan fingerprint density at radius 1 is 0.356 bits per heavy atom. The van der Waals surface area contributed by atoms with Crippen LogP contribution in [-0.2, 0) is 0 Å². The van der Waals surface area contributed by atoms with Gasteiger partial charge in [0, 0.05) is 33.2 Å². The van der Waals surface area contributed by atoms with Crippen LogP contribution in [0.5, 0.6) is 0 Å². The van der Waals surface area contributed by atoms with Gasteiger partial charge in [-0.1, -0.05) is 133 Å². The molecule has 0 unspecified atom stereocenters. The van der Waals surface area contributed by atoms with Crippen molar-refractivity contribution in [3.05, 3.63) is 212 Å². The minimum Gasteiger partial charge on any atom is -0.311 e. The number of para-hydroxylation sites is 4. The second kappa shape index (κ2) is 13.3. The number of fused-ring (bicyclic) bond motifs is 10. The van der Waals surface area contributed by atoms with Crippen LogP contribution in [-0.4, -0.2) is 18.9 Å². The van der Waals surface area contributed by atoms with Gasteiger partial charge in [0.2, 0.25) is 5.95 Å². The Labute approximate surface area is 340 Å². The van der Waals surface area contributed by atoms with Crippen LogP contribution in [0.2, 0.25) is 0 Å². The molecule has 3 heterocycles. The highest BCUT2D eigenvalue weighted by atomic mass is 15.2.